The summed E-state index contributed by atoms with van der Waals surface area (Å²) >= 11 is 1.74. The highest BCUT2D eigenvalue weighted by atomic mass is 32.1. The van der Waals surface area contributed by atoms with Gasteiger partial charge in [-0.15, -0.1) is 11.3 Å². The summed E-state index contributed by atoms with van der Waals surface area (Å²) in [4.78, 5) is 19.1. The first-order valence-corrected chi connectivity index (χ1v) is 12.3. The molecule has 1 saturated heterocycles. The predicted molar refractivity (Wildman–Crippen MR) is 134 cm³/mol. The van der Waals surface area contributed by atoms with Crippen LogP contribution in [0.15, 0.2) is 36.5 Å². The van der Waals surface area contributed by atoms with E-state index in [2.05, 4.69) is 48.6 Å². The molecule has 4 aromatic rings. The highest BCUT2D eigenvalue weighted by molar-refractivity contribution is 7.21. The van der Waals surface area contributed by atoms with Crippen molar-refractivity contribution < 1.29 is 9.53 Å². The number of fused-ring (bicyclic) bond motifs is 2. The first-order chi connectivity index (χ1) is 15.7. The number of rotatable bonds is 2. The number of carbonyl (C=O) groups is 1. The van der Waals surface area contributed by atoms with Crippen LogP contribution in [0.2, 0.25) is 0 Å². The quantitative estimate of drug-likeness (QED) is 0.352. The SMILES string of the molecule is Cc1cc(-c2nc3ccc(C4CCN(C(=O)OC(C)(C)C)CC4)cc3s2)cc2cn(C)nc12. The van der Waals surface area contributed by atoms with Crippen LogP contribution in [-0.4, -0.2) is 44.4 Å². The van der Waals surface area contributed by atoms with Crippen molar-refractivity contribution in [2.45, 2.75) is 52.1 Å². The lowest BCUT2D eigenvalue weighted by Crippen LogP contribution is -2.41. The first kappa shape index (κ1) is 21.9. The Hall–Kier alpha value is -2.93. The van der Waals surface area contributed by atoms with E-state index in [9.17, 15) is 4.79 Å². The van der Waals surface area contributed by atoms with Crippen molar-refractivity contribution >= 4 is 38.5 Å². The standard InChI is InChI=1S/C26H30N4O2S/c1-16-12-19(13-20-15-29(5)28-23(16)20)24-27-21-7-6-18(14-22(21)33-24)17-8-10-30(11-9-17)25(31)32-26(2,3)4/h6-7,12-15,17H,8-11H2,1-5H3. The van der Waals surface area contributed by atoms with E-state index in [1.54, 1.807) is 11.3 Å². The Morgan fingerprint density at radius 3 is 2.64 bits per heavy atom. The van der Waals surface area contributed by atoms with Crippen LogP contribution in [-0.2, 0) is 11.8 Å². The zero-order chi connectivity index (χ0) is 23.3. The second kappa shape index (κ2) is 8.13. The molecule has 1 fully saturated rings. The fourth-order valence-electron chi connectivity index (χ4n) is 4.59. The summed E-state index contributed by atoms with van der Waals surface area (Å²) in [6.07, 6.45) is 3.76. The van der Waals surface area contributed by atoms with E-state index in [-0.39, 0.29) is 6.09 Å². The summed E-state index contributed by atoms with van der Waals surface area (Å²) in [5, 5.41) is 6.73. The Bertz CT molecular complexity index is 1340. The lowest BCUT2D eigenvalue weighted by molar-refractivity contribution is 0.0205. The molecular weight excluding hydrogens is 432 g/mol. The molecule has 0 atom stereocenters. The number of nitrogens with zero attached hydrogens (tertiary/aromatic N) is 4. The molecule has 0 radical (unpaired) electrons. The second-order valence-electron chi connectivity index (χ2n) is 10.0. The maximum atomic E-state index is 12.4. The third-order valence-corrected chi connectivity index (χ3v) is 7.26. The molecule has 7 heteroatoms. The fourth-order valence-corrected chi connectivity index (χ4v) is 5.59. The van der Waals surface area contributed by atoms with Gasteiger partial charge in [-0.05, 0) is 81.8 Å². The van der Waals surface area contributed by atoms with Crippen LogP contribution in [0.25, 0.3) is 31.7 Å². The van der Waals surface area contributed by atoms with Crippen LogP contribution in [0.5, 0.6) is 0 Å². The van der Waals surface area contributed by atoms with E-state index in [0.29, 0.717) is 5.92 Å². The Labute approximate surface area is 198 Å². The summed E-state index contributed by atoms with van der Waals surface area (Å²) in [5.41, 5.74) is 5.26. The molecule has 0 N–H and O–H groups in total. The molecule has 1 amide bonds. The molecule has 5 rings (SSSR count). The van der Waals surface area contributed by atoms with E-state index in [1.165, 1.54) is 15.8 Å². The van der Waals surface area contributed by atoms with Crippen molar-refractivity contribution in [1.29, 1.82) is 0 Å². The topological polar surface area (TPSA) is 60.3 Å². The van der Waals surface area contributed by atoms with Gasteiger partial charge in [0, 0.05) is 37.3 Å². The van der Waals surface area contributed by atoms with Crippen molar-refractivity contribution in [1.82, 2.24) is 19.7 Å². The van der Waals surface area contributed by atoms with E-state index in [0.717, 1.165) is 52.9 Å². The number of benzene rings is 2. The highest BCUT2D eigenvalue weighted by Gasteiger charge is 2.27. The van der Waals surface area contributed by atoms with Gasteiger partial charge in [-0.2, -0.15) is 5.10 Å². The van der Waals surface area contributed by atoms with Gasteiger partial charge in [0.25, 0.3) is 0 Å². The van der Waals surface area contributed by atoms with Crippen LogP contribution >= 0.6 is 11.3 Å². The predicted octanol–water partition coefficient (Wildman–Crippen LogP) is 6.27. The summed E-state index contributed by atoms with van der Waals surface area (Å²) in [6.45, 7) is 9.30. The monoisotopic (exact) mass is 462 g/mol. The minimum Gasteiger partial charge on any atom is -0.444 e. The molecule has 0 unspecified atom stereocenters. The number of ether oxygens (including phenoxy) is 1. The molecule has 2 aromatic heterocycles. The van der Waals surface area contributed by atoms with E-state index in [4.69, 9.17) is 9.72 Å². The van der Waals surface area contributed by atoms with Gasteiger partial charge in [0.15, 0.2) is 0 Å². The molecule has 0 bridgehead atoms. The lowest BCUT2D eigenvalue weighted by Gasteiger charge is -2.33. The third kappa shape index (κ3) is 4.47. The molecule has 3 heterocycles. The number of likely N-dealkylation sites (tertiary alicyclic amines) is 1. The minimum atomic E-state index is -0.455. The lowest BCUT2D eigenvalue weighted by atomic mass is 9.89. The van der Waals surface area contributed by atoms with Crippen molar-refractivity contribution in [3.8, 4) is 10.6 Å². The van der Waals surface area contributed by atoms with Gasteiger partial charge >= 0.3 is 6.09 Å². The maximum Gasteiger partial charge on any atom is 0.410 e. The number of hydrogen-bond donors (Lipinski definition) is 0. The number of hydrogen-bond acceptors (Lipinski definition) is 5. The molecule has 33 heavy (non-hydrogen) atoms. The van der Waals surface area contributed by atoms with Crippen LogP contribution < -0.4 is 0 Å². The zero-order valence-electron chi connectivity index (χ0n) is 19.9. The van der Waals surface area contributed by atoms with Crippen molar-refractivity contribution in [3.05, 3.63) is 47.7 Å². The van der Waals surface area contributed by atoms with Crippen LogP contribution in [0.1, 0.15) is 50.7 Å². The van der Waals surface area contributed by atoms with E-state index >= 15 is 0 Å². The summed E-state index contributed by atoms with van der Waals surface area (Å²) in [7, 11) is 1.95. The number of aromatic nitrogens is 3. The van der Waals surface area contributed by atoms with Gasteiger partial charge in [-0.1, -0.05) is 6.07 Å². The summed E-state index contributed by atoms with van der Waals surface area (Å²) in [6, 6.07) is 11.0. The van der Waals surface area contributed by atoms with E-state index in [1.807, 2.05) is 37.4 Å². The highest BCUT2D eigenvalue weighted by Crippen LogP contribution is 2.36. The number of thiazole rings is 1. The molecule has 0 aliphatic carbocycles. The number of piperidine rings is 1. The van der Waals surface area contributed by atoms with Crippen LogP contribution in [0, 0.1) is 6.92 Å². The first-order valence-electron chi connectivity index (χ1n) is 11.5. The second-order valence-corrected chi connectivity index (χ2v) is 11.1. The van der Waals surface area contributed by atoms with Crippen molar-refractivity contribution in [2.75, 3.05) is 13.1 Å². The Morgan fingerprint density at radius 1 is 1.15 bits per heavy atom. The van der Waals surface area contributed by atoms with E-state index < -0.39 is 5.60 Å². The van der Waals surface area contributed by atoms with Gasteiger partial charge in [-0.3, -0.25) is 4.68 Å². The molecule has 0 spiro atoms. The Balaban J connectivity index is 1.35. The smallest absolute Gasteiger partial charge is 0.410 e. The van der Waals surface area contributed by atoms with Gasteiger partial charge in [0.2, 0.25) is 0 Å². The van der Waals surface area contributed by atoms with Gasteiger partial charge in [0.1, 0.15) is 10.6 Å². The molecular formula is C26H30N4O2S. The van der Waals surface area contributed by atoms with Gasteiger partial charge < -0.3 is 9.64 Å². The maximum absolute atomic E-state index is 12.4. The minimum absolute atomic E-state index is 0.204. The van der Waals surface area contributed by atoms with Crippen LogP contribution in [0.3, 0.4) is 0 Å². The molecule has 172 valence electrons. The number of amides is 1. The normalized spacial score (nSPS) is 15.5. The zero-order valence-corrected chi connectivity index (χ0v) is 20.7. The summed E-state index contributed by atoms with van der Waals surface area (Å²) < 4.78 is 8.60. The molecule has 1 aliphatic rings. The van der Waals surface area contributed by atoms with Gasteiger partial charge in [0.05, 0.1) is 15.7 Å². The Morgan fingerprint density at radius 2 is 1.91 bits per heavy atom. The summed E-state index contributed by atoms with van der Waals surface area (Å²) in [5.74, 6) is 0.452. The molecule has 0 saturated carbocycles. The Kier molecular flexibility index (Phi) is 5.40. The molecule has 2 aromatic carbocycles. The largest absolute Gasteiger partial charge is 0.444 e. The molecule has 1 aliphatic heterocycles. The average Bonchev–Trinajstić information content (AvgIpc) is 3.35. The van der Waals surface area contributed by atoms with Gasteiger partial charge in [-0.25, -0.2) is 9.78 Å². The average molecular weight is 463 g/mol. The van der Waals surface area contributed by atoms with Crippen molar-refractivity contribution in [2.24, 2.45) is 7.05 Å². The number of aryl methyl sites for hydroxylation is 2. The van der Waals surface area contributed by atoms with Crippen LogP contribution in [0.4, 0.5) is 4.79 Å². The number of carbonyl (C=O) groups excluding carboxylic acids is 1. The fraction of sp³-hybridized carbons (Fsp3) is 0.423. The third-order valence-electron chi connectivity index (χ3n) is 6.19. The molecule has 6 nitrogen and oxygen atoms in total. The van der Waals surface area contributed by atoms with Crippen molar-refractivity contribution in [3.63, 3.8) is 0 Å².